The first kappa shape index (κ1) is 21.8. The molecule has 0 aliphatic carbocycles. The van der Waals surface area contributed by atoms with Crippen LogP contribution >= 0.6 is 0 Å². The molecule has 0 aromatic carbocycles. The van der Waals surface area contributed by atoms with Gasteiger partial charge in [0.05, 0.1) is 23.0 Å². The molecule has 0 spiro atoms. The first-order valence-corrected chi connectivity index (χ1v) is 10.8. The summed E-state index contributed by atoms with van der Waals surface area (Å²) in [7, 11) is 0. The van der Waals surface area contributed by atoms with E-state index in [2.05, 4.69) is 22.3 Å². The van der Waals surface area contributed by atoms with Crippen molar-refractivity contribution in [2.45, 2.75) is 38.8 Å². The lowest BCUT2D eigenvalue weighted by Gasteiger charge is -2.39. The Morgan fingerprint density at radius 3 is 2.72 bits per heavy atom. The molecule has 2 amide bonds. The summed E-state index contributed by atoms with van der Waals surface area (Å²) in [4.78, 5) is 30.2. The minimum Gasteiger partial charge on any atom is -0.384 e. The number of hydrogen-bond acceptors (Lipinski definition) is 6. The number of aliphatic hydroxyl groups is 1. The number of carbonyl (C=O) groups is 2. The van der Waals surface area contributed by atoms with Crippen LogP contribution in [0.1, 0.15) is 37.0 Å². The Labute approximate surface area is 186 Å². The lowest BCUT2D eigenvalue weighted by molar-refractivity contribution is -0.141. The molecule has 4 heterocycles. The zero-order valence-corrected chi connectivity index (χ0v) is 18.2. The Kier molecular flexibility index (Phi) is 6.09. The summed E-state index contributed by atoms with van der Waals surface area (Å²) in [6.45, 7) is 4.65. The minimum absolute atomic E-state index is 0.0432. The molecule has 32 heavy (non-hydrogen) atoms. The van der Waals surface area contributed by atoms with Crippen LogP contribution in [-0.2, 0) is 4.79 Å². The number of nitrogens with one attached hydrogen (secondary N) is 1. The summed E-state index contributed by atoms with van der Waals surface area (Å²) in [5.74, 6) is -0.640. The molecule has 4 N–H and O–H groups in total. The van der Waals surface area contributed by atoms with Crippen LogP contribution in [0.4, 0.5) is 5.69 Å². The molecule has 0 radical (unpaired) electrons. The second kappa shape index (κ2) is 8.96. The molecule has 4 rings (SSSR count). The van der Waals surface area contributed by atoms with Crippen molar-refractivity contribution in [1.29, 1.82) is 0 Å². The molecule has 1 aliphatic heterocycles. The van der Waals surface area contributed by atoms with Gasteiger partial charge in [0.1, 0.15) is 6.10 Å². The summed E-state index contributed by atoms with van der Waals surface area (Å²) >= 11 is 0. The van der Waals surface area contributed by atoms with Crippen molar-refractivity contribution in [3.8, 4) is 11.1 Å². The van der Waals surface area contributed by atoms with Gasteiger partial charge in [0.25, 0.3) is 11.8 Å². The standard InChI is InChI=1S/C23H28N6O3/c1-3-15-12-28(23(32)14(2)30)9-6-19(15)27-21-18(22(24)31)11-26-29-13-17(10-20(21)29)16-4-7-25-8-5-16/h4-5,7-8,10-11,13-15,19,27,30H,3,6,9,12H2,1-2H3,(H2,24,31)/t14-,15+,19+/m0/s1. The predicted octanol–water partition coefficient (Wildman–Crippen LogP) is 1.92. The van der Waals surface area contributed by atoms with E-state index in [0.29, 0.717) is 30.8 Å². The second-order valence-electron chi connectivity index (χ2n) is 8.26. The maximum Gasteiger partial charge on any atom is 0.252 e. The second-order valence-corrected chi connectivity index (χ2v) is 8.26. The van der Waals surface area contributed by atoms with Gasteiger partial charge in [-0.1, -0.05) is 6.92 Å². The van der Waals surface area contributed by atoms with Crippen molar-refractivity contribution in [3.63, 3.8) is 0 Å². The fourth-order valence-electron chi connectivity index (χ4n) is 4.38. The molecule has 3 aromatic rings. The number of likely N-dealkylation sites (tertiary alicyclic amines) is 1. The third-order valence-corrected chi connectivity index (χ3v) is 6.17. The first-order chi connectivity index (χ1) is 15.4. The fraction of sp³-hybridized carbons (Fsp3) is 0.391. The zero-order chi connectivity index (χ0) is 22.8. The molecule has 168 valence electrons. The molecule has 9 heteroatoms. The van der Waals surface area contributed by atoms with Crippen molar-refractivity contribution in [3.05, 3.63) is 48.5 Å². The quantitative estimate of drug-likeness (QED) is 0.542. The van der Waals surface area contributed by atoms with Crippen molar-refractivity contribution < 1.29 is 14.7 Å². The predicted molar refractivity (Wildman–Crippen MR) is 121 cm³/mol. The Bertz CT molecular complexity index is 1130. The third-order valence-electron chi connectivity index (χ3n) is 6.17. The molecule has 0 saturated carbocycles. The van der Waals surface area contributed by atoms with E-state index in [4.69, 9.17) is 5.73 Å². The van der Waals surface area contributed by atoms with Crippen molar-refractivity contribution in [1.82, 2.24) is 19.5 Å². The van der Waals surface area contributed by atoms with Crippen LogP contribution in [-0.4, -0.2) is 61.7 Å². The number of fused-ring (bicyclic) bond motifs is 1. The number of aromatic nitrogens is 3. The molecule has 9 nitrogen and oxygen atoms in total. The molecule has 3 atom stereocenters. The Morgan fingerprint density at radius 1 is 1.31 bits per heavy atom. The number of carbonyl (C=O) groups excluding carboxylic acids is 2. The van der Waals surface area contributed by atoms with Gasteiger partial charge in [-0.05, 0) is 49.4 Å². The normalized spacial score (nSPS) is 19.7. The topological polar surface area (TPSA) is 126 Å². The van der Waals surface area contributed by atoms with Crippen LogP contribution in [0.2, 0.25) is 0 Å². The van der Waals surface area contributed by atoms with Gasteiger partial charge in [-0.25, -0.2) is 4.52 Å². The average Bonchev–Trinajstić information content (AvgIpc) is 3.24. The third kappa shape index (κ3) is 4.16. The summed E-state index contributed by atoms with van der Waals surface area (Å²) in [5.41, 5.74) is 9.35. The molecule has 1 saturated heterocycles. The van der Waals surface area contributed by atoms with Crippen molar-refractivity contribution in [2.24, 2.45) is 11.7 Å². The summed E-state index contributed by atoms with van der Waals surface area (Å²) in [6.07, 6.45) is 7.38. The minimum atomic E-state index is -1.01. The van der Waals surface area contributed by atoms with Crippen LogP contribution in [0.3, 0.4) is 0 Å². The van der Waals surface area contributed by atoms with E-state index < -0.39 is 12.0 Å². The van der Waals surface area contributed by atoms with Crippen LogP contribution in [0, 0.1) is 5.92 Å². The van der Waals surface area contributed by atoms with E-state index in [1.165, 1.54) is 13.1 Å². The van der Waals surface area contributed by atoms with Crippen molar-refractivity contribution >= 4 is 23.0 Å². The van der Waals surface area contributed by atoms with Crippen LogP contribution in [0.5, 0.6) is 0 Å². The number of piperidine rings is 1. The average molecular weight is 437 g/mol. The van der Waals surface area contributed by atoms with E-state index >= 15 is 0 Å². The number of amides is 2. The lowest BCUT2D eigenvalue weighted by atomic mass is 9.89. The Morgan fingerprint density at radius 2 is 2.06 bits per heavy atom. The highest BCUT2D eigenvalue weighted by Crippen LogP contribution is 2.31. The Hall–Kier alpha value is -3.46. The van der Waals surface area contributed by atoms with Gasteiger partial charge in [-0.15, -0.1) is 0 Å². The summed E-state index contributed by atoms with van der Waals surface area (Å²) in [5, 5.41) is 17.6. The highest BCUT2D eigenvalue weighted by molar-refractivity contribution is 6.02. The highest BCUT2D eigenvalue weighted by atomic mass is 16.3. The van der Waals surface area contributed by atoms with Gasteiger partial charge < -0.3 is 21.1 Å². The van der Waals surface area contributed by atoms with Crippen LogP contribution in [0.15, 0.2) is 43.0 Å². The monoisotopic (exact) mass is 436 g/mol. The highest BCUT2D eigenvalue weighted by Gasteiger charge is 2.32. The fourth-order valence-corrected chi connectivity index (χ4v) is 4.38. The van der Waals surface area contributed by atoms with E-state index in [-0.39, 0.29) is 17.9 Å². The van der Waals surface area contributed by atoms with Gasteiger partial charge in [0, 0.05) is 43.3 Å². The van der Waals surface area contributed by atoms with E-state index in [1.807, 2.05) is 24.4 Å². The van der Waals surface area contributed by atoms with E-state index in [1.54, 1.807) is 21.8 Å². The molecule has 1 aliphatic rings. The number of nitrogens with two attached hydrogens (primary N) is 1. The molecular weight excluding hydrogens is 408 g/mol. The van der Waals surface area contributed by atoms with Gasteiger partial charge in [-0.2, -0.15) is 5.10 Å². The maximum atomic E-state index is 12.3. The van der Waals surface area contributed by atoms with Gasteiger partial charge in [0.2, 0.25) is 0 Å². The molecule has 0 bridgehead atoms. The number of aliphatic hydroxyl groups excluding tert-OH is 1. The number of primary amides is 1. The Balaban J connectivity index is 1.68. The molecular formula is C23H28N6O3. The van der Waals surface area contributed by atoms with E-state index in [9.17, 15) is 14.7 Å². The van der Waals surface area contributed by atoms with Crippen LogP contribution in [0.25, 0.3) is 16.6 Å². The number of rotatable bonds is 6. The van der Waals surface area contributed by atoms with Crippen molar-refractivity contribution in [2.75, 3.05) is 18.4 Å². The van der Waals surface area contributed by atoms with Gasteiger partial charge in [0.15, 0.2) is 0 Å². The number of nitrogens with zero attached hydrogens (tertiary/aromatic N) is 4. The molecule has 1 fully saturated rings. The molecule has 3 aromatic heterocycles. The zero-order valence-electron chi connectivity index (χ0n) is 18.2. The van der Waals surface area contributed by atoms with Crippen LogP contribution < -0.4 is 11.1 Å². The summed E-state index contributed by atoms with van der Waals surface area (Å²) < 4.78 is 1.73. The number of anilines is 1. The number of pyridine rings is 1. The lowest BCUT2D eigenvalue weighted by Crippen LogP contribution is -2.50. The molecule has 0 unspecified atom stereocenters. The largest absolute Gasteiger partial charge is 0.384 e. The number of hydrogen-bond donors (Lipinski definition) is 3. The van der Waals surface area contributed by atoms with E-state index in [0.717, 1.165) is 23.1 Å². The maximum absolute atomic E-state index is 12.3. The smallest absolute Gasteiger partial charge is 0.252 e. The first-order valence-electron chi connectivity index (χ1n) is 10.8. The van der Waals surface area contributed by atoms with Gasteiger partial charge >= 0.3 is 0 Å². The van der Waals surface area contributed by atoms with Gasteiger partial charge in [-0.3, -0.25) is 14.6 Å². The SMILES string of the molecule is CC[C@@H]1CN(C(=O)[C@H](C)O)CC[C@H]1Nc1c(C(N)=O)cnn2cc(-c3ccncc3)cc12. The summed E-state index contributed by atoms with van der Waals surface area (Å²) in [6, 6.07) is 5.85.